The summed E-state index contributed by atoms with van der Waals surface area (Å²) in [5, 5.41) is 10.9. The number of anilines is 1. The number of fused-ring (bicyclic) bond motifs is 1. The lowest BCUT2D eigenvalue weighted by molar-refractivity contribution is 0.159. The number of sulfonamides is 1. The van der Waals surface area contributed by atoms with Crippen LogP contribution in [0.4, 0.5) is 14.5 Å². The molecule has 0 unspecified atom stereocenters. The molecule has 2 heterocycles. The van der Waals surface area contributed by atoms with Gasteiger partial charge < -0.3 is 5.11 Å². The summed E-state index contributed by atoms with van der Waals surface area (Å²) >= 11 is 1.17. The Balaban J connectivity index is 2.00. The van der Waals surface area contributed by atoms with Gasteiger partial charge in [-0.3, -0.25) is 4.31 Å². The second-order valence-electron chi connectivity index (χ2n) is 6.61. The van der Waals surface area contributed by atoms with Crippen molar-refractivity contribution in [3.05, 3.63) is 76.7 Å². The molecule has 1 aliphatic rings. The van der Waals surface area contributed by atoms with Crippen molar-refractivity contribution in [3.8, 4) is 10.4 Å². The average Bonchev–Trinajstić information content (AvgIpc) is 3.13. The van der Waals surface area contributed by atoms with Gasteiger partial charge in [0, 0.05) is 10.4 Å². The van der Waals surface area contributed by atoms with Gasteiger partial charge >= 0.3 is 0 Å². The van der Waals surface area contributed by atoms with E-state index >= 15 is 0 Å². The first kappa shape index (κ1) is 19.6. The summed E-state index contributed by atoms with van der Waals surface area (Å²) < 4.78 is 53.9. The molecule has 0 bridgehead atoms. The summed E-state index contributed by atoms with van der Waals surface area (Å²) in [6.07, 6.45) is -2.86. The quantitative estimate of drug-likeness (QED) is 0.589. The van der Waals surface area contributed by atoms with Gasteiger partial charge in [0.2, 0.25) is 0 Å². The zero-order valence-electron chi connectivity index (χ0n) is 15.3. The third-order valence-corrected chi connectivity index (χ3v) is 7.75. The summed E-state index contributed by atoms with van der Waals surface area (Å²) in [5.41, 5.74) is 1.80. The summed E-state index contributed by atoms with van der Waals surface area (Å²) in [7, 11) is -4.38. The molecule has 0 saturated carbocycles. The van der Waals surface area contributed by atoms with Gasteiger partial charge in [-0.2, -0.15) is 0 Å². The van der Waals surface area contributed by atoms with Gasteiger partial charge in [0.05, 0.1) is 17.1 Å². The molecule has 1 aromatic heterocycles. The molecule has 8 heteroatoms. The number of aliphatic hydroxyl groups is 1. The first-order valence-electron chi connectivity index (χ1n) is 8.80. The van der Waals surface area contributed by atoms with Crippen LogP contribution < -0.4 is 4.31 Å². The Morgan fingerprint density at radius 2 is 1.72 bits per heavy atom. The summed E-state index contributed by atoms with van der Waals surface area (Å²) in [6.45, 7) is 0.727. The van der Waals surface area contributed by atoms with Gasteiger partial charge in [-0.25, -0.2) is 17.2 Å². The number of nitrogens with zero attached hydrogens (tertiary/aromatic N) is 1. The van der Waals surface area contributed by atoms with E-state index in [0.717, 1.165) is 5.56 Å². The zero-order valence-corrected chi connectivity index (χ0v) is 17.0. The summed E-state index contributed by atoms with van der Waals surface area (Å²) in [6, 6.07) is 17.4. The molecule has 0 atom stereocenters. The smallest absolute Gasteiger partial charge is 0.268 e. The van der Waals surface area contributed by atoms with E-state index in [1.54, 1.807) is 37.3 Å². The summed E-state index contributed by atoms with van der Waals surface area (Å²) in [5.74, 6) is -0.410. The minimum atomic E-state index is -4.38. The highest BCUT2D eigenvalue weighted by molar-refractivity contribution is 8.02. The first-order valence-corrected chi connectivity index (χ1v) is 11.1. The normalized spacial score (nSPS) is 15.7. The molecule has 0 spiro atoms. The molecule has 0 amide bonds. The van der Waals surface area contributed by atoms with Crippen LogP contribution >= 0.6 is 11.3 Å². The van der Waals surface area contributed by atoms with Crippen molar-refractivity contribution in [2.24, 2.45) is 0 Å². The molecule has 0 aliphatic carbocycles. The van der Waals surface area contributed by atoms with E-state index in [1.165, 1.54) is 11.3 Å². The predicted molar refractivity (Wildman–Crippen MR) is 113 cm³/mol. The van der Waals surface area contributed by atoms with Crippen molar-refractivity contribution in [1.29, 1.82) is 0 Å². The number of aliphatic hydroxyl groups excluding tert-OH is 1. The zero-order chi connectivity index (χ0) is 20.8. The Labute approximate surface area is 171 Å². The van der Waals surface area contributed by atoms with Crippen LogP contribution in [-0.2, 0) is 10.0 Å². The van der Waals surface area contributed by atoms with Gasteiger partial charge in [-0.15, -0.1) is 11.3 Å². The van der Waals surface area contributed by atoms with E-state index in [0.29, 0.717) is 20.3 Å². The molecular formula is C21H17F2NO3S2. The Kier molecular flexibility index (Phi) is 4.92. The number of aryl methyl sites for hydroxylation is 1. The van der Waals surface area contributed by atoms with E-state index in [2.05, 4.69) is 0 Å². The second-order valence-corrected chi connectivity index (χ2v) is 9.46. The third kappa shape index (κ3) is 3.32. The number of halogens is 2. The Morgan fingerprint density at radius 3 is 2.38 bits per heavy atom. The average molecular weight is 434 g/mol. The molecule has 0 radical (unpaired) electrons. The van der Waals surface area contributed by atoms with E-state index in [-0.39, 0.29) is 15.5 Å². The van der Waals surface area contributed by atoms with Gasteiger partial charge in [-0.05, 0) is 24.1 Å². The lowest BCUT2D eigenvalue weighted by Crippen LogP contribution is -2.38. The highest BCUT2D eigenvalue weighted by Gasteiger charge is 2.41. The largest absolute Gasteiger partial charge is 0.505 e. The van der Waals surface area contributed by atoms with E-state index < -0.39 is 28.8 Å². The molecule has 1 aliphatic heterocycles. The fourth-order valence-electron chi connectivity index (χ4n) is 3.36. The van der Waals surface area contributed by atoms with Crippen molar-refractivity contribution in [1.82, 2.24) is 0 Å². The van der Waals surface area contributed by atoms with Crippen LogP contribution in [0.2, 0.25) is 0 Å². The fraction of sp³-hybridized carbons (Fsp3) is 0.143. The number of hydrogen-bond acceptors (Lipinski definition) is 4. The molecular weight excluding hydrogens is 416 g/mol. The maximum absolute atomic E-state index is 13.3. The van der Waals surface area contributed by atoms with Crippen LogP contribution in [0, 0.1) is 6.92 Å². The van der Waals surface area contributed by atoms with Crippen LogP contribution in [0.1, 0.15) is 16.0 Å². The second kappa shape index (κ2) is 7.27. The number of thiophene rings is 1. The molecule has 3 aromatic rings. The maximum Gasteiger partial charge on any atom is 0.268 e. The lowest BCUT2D eigenvalue weighted by Gasteiger charge is -2.30. The molecule has 0 saturated heterocycles. The number of rotatable bonds is 4. The van der Waals surface area contributed by atoms with Crippen LogP contribution in [-0.4, -0.2) is 26.5 Å². The highest BCUT2D eigenvalue weighted by Crippen LogP contribution is 2.49. The Hall–Kier alpha value is -2.71. The third-order valence-electron chi connectivity index (χ3n) is 4.71. The minimum absolute atomic E-state index is 0.0731. The molecule has 150 valence electrons. The monoisotopic (exact) mass is 433 g/mol. The van der Waals surface area contributed by atoms with Crippen molar-refractivity contribution in [2.45, 2.75) is 13.3 Å². The van der Waals surface area contributed by atoms with E-state index in [4.69, 9.17) is 0 Å². The van der Waals surface area contributed by atoms with Crippen LogP contribution in [0.15, 0.2) is 60.7 Å². The van der Waals surface area contributed by atoms with E-state index in [1.807, 2.05) is 30.3 Å². The Morgan fingerprint density at radius 1 is 1.07 bits per heavy atom. The van der Waals surface area contributed by atoms with Crippen LogP contribution in [0.5, 0.6) is 0 Å². The van der Waals surface area contributed by atoms with Gasteiger partial charge in [0.25, 0.3) is 16.4 Å². The van der Waals surface area contributed by atoms with Crippen molar-refractivity contribution >= 4 is 37.7 Å². The van der Waals surface area contributed by atoms with Crippen molar-refractivity contribution in [3.63, 3.8) is 0 Å². The van der Waals surface area contributed by atoms with E-state index in [9.17, 15) is 22.3 Å². The number of hydrogen-bond donors (Lipinski definition) is 1. The van der Waals surface area contributed by atoms with Crippen LogP contribution in [0.25, 0.3) is 21.1 Å². The summed E-state index contributed by atoms with van der Waals surface area (Å²) in [4.78, 5) is 0.602. The SMILES string of the molecule is Cc1ccccc1C1=C(O)c2sc(-c3ccccc3)cc2N(CC(F)F)S1(=O)=O. The topological polar surface area (TPSA) is 57.6 Å². The van der Waals surface area contributed by atoms with Crippen LogP contribution in [0.3, 0.4) is 0 Å². The molecule has 2 aromatic carbocycles. The molecule has 4 rings (SSSR count). The fourth-order valence-corrected chi connectivity index (χ4v) is 6.39. The standard InChI is InChI=1S/C21H17F2NO3S2/c1-13-7-5-6-10-15(13)21-19(25)20-16(24(12-18(22)23)29(21,26)27)11-17(28-20)14-8-3-2-4-9-14/h2-11,18,25H,12H2,1H3. The molecule has 1 N–H and O–H groups in total. The molecule has 29 heavy (non-hydrogen) atoms. The predicted octanol–water partition coefficient (Wildman–Crippen LogP) is 5.52. The van der Waals surface area contributed by atoms with Gasteiger partial charge in [-0.1, -0.05) is 54.6 Å². The lowest BCUT2D eigenvalue weighted by atomic mass is 10.1. The number of benzene rings is 2. The number of alkyl halides is 2. The van der Waals surface area contributed by atoms with Gasteiger partial charge in [0.15, 0.2) is 5.76 Å². The highest BCUT2D eigenvalue weighted by atomic mass is 32.2. The first-order chi connectivity index (χ1) is 13.8. The molecule has 4 nitrogen and oxygen atoms in total. The minimum Gasteiger partial charge on any atom is -0.505 e. The van der Waals surface area contributed by atoms with Crippen molar-refractivity contribution in [2.75, 3.05) is 10.8 Å². The Bertz CT molecular complexity index is 1200. The maximum atomic E-state index is 13.3. The van der Waals surface area contributed by atoms with Gasteiger partial charge in [0.1, 0.15) is 4.91 Å². The molecule has 0 fully saturated rings. The van der Waals surface area contributed by atoms with Crippen molar-refractivity contribution < 1.29 is 22.3 Å².